The van der Waals surface area contributed by atoms with Crippen LogP contribution in [-0.2, 0) is 16.6 Å². The highest BCUT2D eigenvalue weighted by Crippen LogP contribution is 2.17. The van der Waals surface area contributed by atoms with Crippen LogP contribution in [0.1, 0.15) is 21.6 Å². The summed E-state index contributed by atoms with van der Waals surface area (Å²) in [5, 5.41) is 7.07. The molecule has 8 heteroatoms. The Bertz CT molecular complexity index is 1080. The Morgan fingerprint density at radius 3 is 2.50 bits per heavy atom. The van der Waals surface area contributed by atoms with Crippen LogP contribution in [-0.4, -0.2) is 32.8 Å². The molecule has 0 saturated heterocycles. The number of aromatic nitrogens is 3. The lowest BCUT2D eigenvalue weighted by molar-refractivity contribution is -0.119. The fourth-order valence-electron chi connectivity index (χ4n) is 2.54. The first-order valence-electron chi connectivity index (χ1n) is 8.61. The second kappa shape index (κ2) is 7.91. The number of anilines is 1. The van der Waals surface area contributed by atoms with E-state index in [9.17, 15) is 14.4 Å². The van der Waals surface area contributed by atoms with Crippen molar-refractivity contribution in [3.05, 3.63) is 75.8 Å². The SMILES string of the molecule is Cc1ccc(-n2nc(C)cc2NC(=O)COC(=O)c2ccn(C)c(=O)c2)cc1. The van der Waals surface area contributed by atoms with E-state index in [-0.39, 0.29) is 11.1 Å². The van der Waals surface area contributed by atoms with Crippen LogP contribution in [0.15, 0.2) is 53.5 Å². The molecule has 2 aromatic heterocycles. The Labute approximate surface area is 161 Å². The number of hydrogen-bond donors (Lipinski definition) is 1. The summed E-state index contributed by atoms with van der Waals surface area (Å²) in [5.41, 5.74) is 2.40. The quantitative estimate of drug-likeness (QED) is 0.683. The van der Waals surface area contributed by atoms with E-state index in [2.05, 4.69) is 10.4 Å². The van der Waals surface area contributed by atoms with Crippen LogP contribution in [0.2, 0.25) is 0 Å². The van der Waals surface area contributed by atoms with Crippen LogP contribution in [0.4, 0.5) is 5.82 Å². The van der Waals surface area contributed by atoms with Gasteiger partial charge in [0.15, 0.2) is 6.61 Å². The molecule has 3 rings (SSSR count). The molecule has 1 amide bonds. The number of nitrogens with one attached hydrogen (secondary N) is 1. The number of nitrogens with zero attached hydrogens (tertiary/aromatic N) is 3. The molecule has 8 nitrogen and oxygen atoms in total. The molecule has 144 valence electrons. The van der Waals surface area contributed by atoms with Crippen molar-refractivity contribution in [2.75, 3.05) is 11.9 Å². The molecule has 1 N–H and O–H groups in total. The highest BCUT2D eigenvalue weighted by molar-refractivity contribution is 5.95. The zero-order valence-corrected chi connectivity index (χ0v) is 15.8. The molecule has 0 unspecified atom stereocenters. The highest BCUT2D eigenvalue weighted by Gasteiger charge is 2.14. The van der Waals surface area contributed by atoms with Crippen molar-refractivity contribution < 1.29 is 14.3 Å². The first kappa shape index (κ1) is 19.1. The number of rotatable bonds is 5. The van der Waals surface area contributed by atoms with Crippen molar-refractivity contribution in [1.82, 2.24) is 14.3 Å². The smallest absolute Gasteiger partial charge is 0.338 e. The minimum Gasteiger partial charge on any atom is -0.452 e. The third-order valence-electron chi connectivity index (χ3n) is 4.05. The van der Waals surface area contributed by atoms with Crippen LogP contribution in [0, 0.1) is 13.8 Å². The van der Waals surface area contributed by atoms with Gasteiger partial charge in [0.25, 0.3) is 11.5 Å². The predicted molar refractivity (Wildman–Crippen MR) is 104 cm³/mol. The average Bonchev–Trinajstić information content (AvgIpc) is 3.02. The van der Waals surface area contributed by atoms with E-state index in [1.807, 2.05) is 38.1 Å². The number of amides is 1. The van der Waals surface area contributed by atoms with E-state index in [1.165, 1.54) is 16.8 Å². The Morgan fingerprint density at radius 1 is 1.11 bits per heavy atom. The van der Waals surface area contributed by atoms with E-state index < -0.39 is 18.5 Å². The van der Waals surface area contributed by atoms with Crippen molar-refractivity contribution in [3.63, 3.8) is 0 Å². The molecular formula is C20H20N4O4. The number of benzene rings is 1. The number of esters is 1. The molecule has 0 fully saturated rings. The molecule has 0 aliphatic carbocycles. The van der Waals surface area contributed by atoms with Gasteiger partial charge in [-0.25, -0.2) is 9.48 Å². The third kappa shape index (κ3) is 4.35. The van der Waals surface area contributed by atoms with Crippen LogP contribution >= 0.6 is 0 Å². The van der Waals surface area contributed by atoms with Crippen LogP contribution in [0.25, 0.3) is 5.69 Å². The number of carbonyl (C=O) groups excluding carboxylic acids is 2. The summed E-state index contributed by atoms with van der Waals surface area (Å²) < 4.78 is 7.93. The van der Waals surface area contributed by atoms with Gasteiger partial charge in [0, 0.05) is 25.4 Å². The van der Waals surface area contributed by atoms with Crippen molar-refractivity contribution in [3.8, 4) is 5.69 Å². The molecule has 0 saturated carbocycles. The summed E-state index contributed by atoms with van der Waals surface area (Å²) >= 11 is 0. The van der Waals surface area contributed by atoms with E-state index in [0.717, 1.165) is 23.0 Å². The molecule has 28 heavy (non-hydrogen) atoms. The van der Waals surface area contributed by atoms with Crippen molar-refractivity contribution in [2.24, 2.45) is 7.05 Å². The zero-order chi connectivity index (χ0) is 20.3. The molecule has 0 aliphatic heterocycles. The minimum atomic E-state index is -0.740. The summed E-state index contributed by atoms with van der Waals surface area (Å²) in [4.78, 5) is 35.8. The summed E-state index contributed by atoms with van der Waals surface area (Å²) in [6.07, 6.45) is 1.46. The van der Waals surface area contributed by atoms with Crippen LogP contribution in [0.3, 0.4) is 0 Å². The number of pyridine rings is 1. The van der Waals surface area contributed by atoms with Gasteiger partial charge in [-0.1, -0.05) is 17.7 Å². The fraction of sp³-hybridized carbons (Fsp3) is 0.200. The molecule has 0 aliphatic rings. The summed E-state index contributed by atoms with van der Waals surface area (Å²) in [5.74, 6) is -0.780. The average molecular weight is 380 g/mol. The fourth-order valence-corrected chi connectivity index (χ4v) is 2.54. The highest BCUT2D eigenvalue weighted by atomic mass is 16.5. The lowest BCUT2D eigenvalue weighted by Crippen LogP contribution is -2.23. The molecule has 0 radical (unpaired) electrons. The Hall–Kier alpha value is -3.68. The van der Waals surface area contributed by atoms with Crippen LogP contribution in [0.5, 0.6) is 0 Å². The van der Waals surface area contributed by atoms with Crippen molar-refractivity contribution in [1.29, 1.82) is 0 Å². The van der Waals surface area contributed by atoms with Crippen LogP contribution < -0.4 is 10.9 Å². The van der Waals surface area contributed by atoms with E-state index in [0.29, 0.717) is 5.82 Å². The van der Waals surface area contributed by atoms with E-state index >= 15 is 0 Å². The van der Waals surface area contributed by atoms with Gasteiger partial charge in [0.2, 0.25) is 0 Å². The van der Waals surface area contributed by atoms with Gasteiger partial charge in [-0.05, 0) is 32.0 Å². The molecule has 2 heterocycles. The largest absolute Gasteiger partial charge is 0.452 e. The van der Waals surface area contributed by atoms with Gasteiger partial charge in [-0.2, -0.15) is 5.10 Å². The van der Waals surface area contributed by atoms with Gasteiger partial charge in [-0.15, -0.1) is 0 Å². The zero-order valence-electron chi connectivity index (χ0n) is 15.8. The Balaban J connectivity index is 1.67. The van der Waals surface area contributed by atoms with Gasteiger partial charge >= 0.3 is 5.97 Å². The first-order valence-corrected chi connectivity index (χ1v) is 8.61. The summed E-state index contributed by atoms with van der Waals surface area (Å²) in [6, 6.07) is 12.0. The lowest BCUT2D eigenvalue weighted by atomic mass is 10.2. The van der Waals surface area contributed by atoms with E-state index in [1.54, 1.807) is 17.8 Å². The Kier molecular flexibility index (Phi) is 5.39. The topological polar surface area (TPSA) is 95.2 Å². The maximum absolute atomic E-state index is 12.2. The van der Waals surface area contributed by atoms with Crippen molar-refractivity contribution in [2.45, 2.75) is 13.8 Å². The lowest BCUT2D eigenvalue weighted by Gasteiger charge is -2.10. The van der Waals surface area contributed by atoms with Gasteiger partial charge in [-0.3, -0.25) is 9.59 Å². The van der Waals surface area contributed by atoms with Crippen molar-refractivity contribution >= 4 is 17.7 Å². The molecule has 0 bridgehead atoms. The molecular weight excluding hydrogens is 360 g/mol. The standard InChI is InChI=1S/C20H20N4O4/c1-13-4-6-16(7-5-13)24-17(10-14(2)22-24)21-18(25)12-28-20(27)15-8-9-23(3)19(26)11-15/h4-11H,12H2,1-3H3,(H,21,25). The minimum absolute atomic E-state index is 0.0939. The van der Waals surface area contributed by atoms with Gasteiger partial charge in [0.1, 0.15) is 5.82 Å². The normalized spacial score (nSPS) is 10.5. The second-order valence-corrected chi connectivity index (χ2v) is 6.41. The predicted octanol–water partition coefficient (Wildman–Crippen LogP) is 1.98. The van der Waals surface area contributed by atoms with E-state index in [4.69, 9.17) is 4.74 Å². The molecule has 3 aromatic rings. The summed E-state index contributed by atoms with van der Waals surface area (Å²) in [6.45, 7) is 3.32. The first-order chi connectivity index (χ1) is 13.3. The van der Waals surface area contributed by atoms with Gasteiger partial charge < -0.3 is 14.6 Å². The number of aryl methyl sites for hydroxylation is 3. The maximum atomic E-state index is 12.2. The second-order valence-electron chi connectivity index (χ2n) is 6.41. The number of ether oxygens (including phenoxy) is 1. The third-order valence-corrected chi connectivity index (χ3v) is 4.05. The molecule has 0 atom stereocenters. The summed E-state index contributed by atoms with van der Waals surface area (Å²) in [7, 11) is 1.57. The maximum Gasteiger partial charge on any atom is 0.338 e. The number of carbonyl (C=O) groups is 2. The van der Waals surface area contributed by atoms with Gasteiger partial charge in [0.05, 0.1) is 16.9 Å². The number of hydrogen-bond acceptors (Lipinski definition) is 5. The Morgan fingerprint density at radius 2 is 1.82 bits per heavy atom. The molecule has 0 spiro atoms. The molecule has 1 aromatic carbocycles. The monoisotopic (exact) mass is 380 g/mol.